The van der Waals surface area contributed by atoms with Crippen molar-refractivity contribution in [2.75, 3.05) is 44.8 Å². The number of aromatic nitrogens is 2. The Labute approximate surface area is 574 Å². The summed E-state index contributed by atoms with van der Waals surface area (Å²) >= 11 is 2.84. The van der Waals surface area contributed by atoms with Gasteiger partial charge in [-0.1, -0.05) is 18.2 Å². The number of benzene rings is 4. The van der Waals surface area contributed by atoms with Gasteiger partial charge in [-0.25, -0.2) is 13.2 Å². The number of nitrogens with zero attached hydrogens (tertiary/aromatic N) is 2. The van der Waals surface area contributed by atoms with Crippen LogP contribution < -0.4 is 48.1 Å². The first-order valence-corrected chi connectivity index (χ1v) is 35.0. The fraction of sp³-hybridized carbons (Fsp3) is 0.464. The van der Waals surface area contributed by atoms with Gasteiger partial charge >= 0.3 is 0 Å². The molecule has 0 radical (unpaired) electrons. The van der Waals surface area contributed by atoms with Gasteiger partial charge in [-0.15, -0.1) is 0 Å². The number of aromatic amines is 2. The molecular formula is C69H87F3N12O12S2. The zero-order valence-electron chi connectivity index (χ0n) is 55.2. The van der Waals surface area contributed by atoms with Crippen molar-refractivity contribution in [1.29, 1.82) is 0 Å². The van der Waals surface area contributed by atoms with Gasteiger partial charge < -0.3 is 78.1 Å². The van der Waals surface area contributed by atoms with Crippen molar-refractivity contribution in [2.45, 2.75) is 157 Å². The van der Waals surface area contributed by atoms with Gasteiger partial charge in [0.15, 0.2) is 0 Å². The number of methoxy groups -OCH3 is 1. The summed E-state index contributed by atoms with van der Waals surface area (Å²) in [7, 11) is 1.54. The first-order valence-electron chi connectivity index (χ1n) is 32.7. The van der Waals surface area contributed by atoms with E-state index in [4.69, 9.17) is 16.2 Å². The van der Waals surface area contributed by atoms with Crippen molar-refractivity contribution < 1.29 is 71.3 Å². The van der Waals surface area contributed by atoms with Gasteiger partial charge in [-0.3, -0.25) is 43.2 Å². The summed E-state index contributed by atoms with van der Waals surface area (Å²) in [5, 5.41) is 37.8. The molecule has 0 unspecified atom stereocenters. The van der Waals surface area contributed by atoms with Crippen molar-refractivity contribution in [3.05, 3.63) is 137 Å². The van der Waals surface area contributed by atoms with E-state index in [1.807, 2.05) is 6.07 Å². The number of unbranched alkanes of at least 4 members (excludes halogenated alkanes) is 1. The number of hydrogen-bond acceptors (Lipinski definition) is 15. The lowest BCUT2D eigenvalue weighted by atomic mass is 9.95. The first kappa shape index (κ1) is 75.1. The predicted octanol–water partition coefficient (Wildman–Crippen LogP) is 3.95. The highest BCUT2D eigenvalue weighted by atomic mass is 32.2. The molecule has 8 rings (SSSR count). The number of amides is 9. The fourth-order valence-corrected chi connectivity index (χ4v) is 14.0. The van der Waals surface area contributed by atoms with Crippen molar-refractivity contribution in [1.82, 2.24) is 51.7 Å². The van der Waals surface area contributed by atoms with E-state index in [1.54, 1.807) is 38.3 Å². The van der Waals surface area contributed by atoms with Crippen LogP contribution in [-0.4, -0.2) is 182 Å². The Morgan fingerprint density at radius 2 is 1.29 bits per heavy atom. The van der Waals surface area contributed by atoms with E-state index in [-0.39, 0.29) is 69.7 Å². The van der Waals surface area contributed by atoms with Crippen LogP contribution in [0.1, 0.15) is 100.0 Å². The summed E-state index contributed by atoms with van der Waals surface area (Å²) in [5.74, 6) is -5.36. The van der Waals surface area contributed by atoms with Crippen LogP contribution in [0.5, 0.6) is 5.75 Å². The third-order valence-corrected chi connectivity index (χ3v) is 19.5. The van der Waals surface area contributed by atoms with Crippen molar-refractivity contribution in [3.8, 4) is 5.75 Å². The Hall–Kier alpha value is -8.64. The van der Waals surface area contributed by atoms with E-state index in [0.29, 0.717) is 106 Å². The maximum atomic E-state index is 15.0. The molecule has 4 aromatic carbocycles. The zero-order valence-corrected chi connectivity index (χ0v) is 56.8. The molecule has 2 aliphatic rings. The quantitative estimate of drug-likeness (QED) is 0.0251. The Kier molecular flexibility index (Phi) is 27.0. The molecule has 14 N–H and O–H groups in total. The highest BCUT2D eigenvalue weighted by molar-refractivity contribution is 7.98. The average molecular weight is 1400 g/mol. The number of nitrogens with two attached hydrogens (primary N) is 2. The highest BCUT2D eigenvalue weighted by Gasteiger charge is 2.48. The number of primary amides is 1. The summed E-state index contributed by atoms with van der Waals surface area (Å²) in [6, 6.07) is 12.1. The maximum Gasteiger partial charge on any atom is 0.246 e. The monoisotopic (exact) mass is 1400 g/mol. The van der Waals surface area contributed by atoms with E-state index >= 15 is 4.39 Å². The number of likely N-dealkylation sites (tertiary alicyclic amines) is 2. The second-order valence-electron chi connectivity index (χ2n) is 25.1. The minimum absolute atomic E-state index is 0.0301. The van der Waals surface area contributed by atoms with Crippen LogP contribution in [0.2, 0.25) is 0 Å². The minimum atomic E-state index is -1.51. The van der Waals surface area contributed by atoms with Gasteiger partial charge in [-0.05, 0) is 148 Å². The van der Waals surface area contributed by atoms with Crippen LogP contribution >= 0.6 is 23.5 Å². The number of β-amino-alcohol motifs (C(OH)–C–C–N with tert-alkyl or cyclic N) is 1. The number of aliphatic hydroxyl groups is 2. The number of ether oxygens (including phenoxy) is 1. The van der Waals surface area contributed by atoms with E-state index in [0.717, 1.165) is 10.5 Å². The maximum absolute atomic E-state index is 15.0. The van der Waals surface area contributed by atoms with Gasteiger partial charge in [0.2, 0.25) is 53.2 Å². The summed E-state index contributed by atoms with van der Waals surface area (Å²) in [6.07, 6.45) is 2.34. The van der Waals surface area contributed by atoms with Crippen LogP contribution in [0.15, 0.2) is 91.3 Å². The van der Waals surface area contributed by atoms with E-state index in [1.165, 1.54) is 103 Å². The molecule has 6 aromatic rings. The third-order valence-electron chi connectivity index (χ3n) is 17.5. The van der Waals surface area contributed by atoms with Crippen LogP contribution in [0.3, 0.4) is 0 Å². The largest absolute Gasteiger partial charge is 0.497 e. The first-order chi connectivity index (χ1) is 46.8. The number of carbonyl (C=O) groups is 9. The molecule has 9 amide bonds. The van der Waals surface area contributed by atoms with Crippen LogP contribution in [-0.2, 0) is 73.9 Å². The van der Waals surface area contributed by atoms with E-state index in [9.17, 15) is 62.1 Å². The Morgan fingerprint density at radius 1 is 0.694 bits per heavy atom. The molecular weight excluding hydrogens is 1310 g/mol. The van der Waals surface area contributed by atoms with Gasteiger partial charge in [0.1, 0.15) is 65.0 Å². The molecule has 4 heterocycles. The number of carbonyl (C=O) groups excluding carboxylic acids is 9. The number of H-pyrrole nitrogens is 2. The second-order valence-corrected chi connectivity index (χ2v) is 27.4. The van der Waals surface area contributed by atoms with E-state index in [2.05, 4.69) is 41.9 Å². The number of nitrogens with one attached hydrogen (secondary N) is 8. The molecule has 98 heavy (non-hydrogen) atoms. The molecule has 0 aliphatic carbocycles. The number of hydrogen-bond donors (Lipinski definition) is 12. The molecule has 0 spiro atoms. The summed E-state index contributed by atoms with van der Waals surface area (Å²) < 4.78 is 49.6. The lowest BCUT2D eigenvalue weighted by molar-refractivity contribution is -0.146. The number of rotatable bonds is 35. The van der Waals surface area contributed by atoms with Crippen molar-refractivity contribution >= 4 is 98.5 Å². The summed E-state index contributed by atoms with van der Waals surface area (Å²) in [4.78, 5) is 133. The average Bonchev–Trinajstić information content (AvgIpc) is 1.61. The molecule has 2 aromatic heterocycles. The van der Waals surface area contributed by atoms with Gasteiger partial charge in [0.05, 0.1) is 25.7 Å². The molecule has 2 fully saturated rings. The molecule has 0 saturated carbocycles. The van der Waals surface area contributed by atoms with Crippen LogP contribution in [0.4, 0.5) is 13.2 Å². The molecule has 528 valence electrons. The SMILES string of the molecule is COc1ccc(C[C@H](NC(=O)C[C@H](C)O)C(=O)N2CCC[C@@]2(C)C(=O)NCCSCc2cc(F)cc(CSCCC(=O)N[C@@H](CCCCN)C(=O)N[C@H](C)C(=O)N[C@@H](Cc3c[nH]c4ccc(F)cc34)C(=O)N[C@@H](Cc3c[nH]c4ccc(F)cc34)C(=O)N3C[C@H](O)C[C@H]3C(N)=O)c2)cc1. The van der Waals surface area contributed by atoms with E-state index < -0.39 is 119 Å². The number of aliphatic hydroxyl groups excluding tert-OH is 2. The van der Waals surface area contributed by atoms with Gasteiger partial charge in [-0.2, -0.15) is 23.5 Å². The smallest absolute Gasteiger partial charge is 0.246 e. The Balaban J connectivity index is 0.839. The number of halogens is 3. The second kappa shape index (κ2) is 35.2. The lowest BCUT2D eigenvalue weighted by Crippen LogP contribution is -2.60. The molecule has 29 heteroatoms. The standard InChI is InChI=1S/C69H87F3N12O12S2/c1-39(85)24-61(88)80-57(28-41-9-13-50(96-4)14-10-41)67(94)84-21-7-18-69(84,3)68(95)75-20-23-98-38-43-25-42(26-48(72)27-43)37-97-22-17-60(87)79-55(8-5-6-19-73)64(91)78-40(2)63(90)81-56(29-44-34-76-53-15-11-46(70)31-51(44)53)65(92)82-58(66(93)83-36-49(86)33-59(83)62(74)89)30-45-35-77-54-16-12-47(71)32-52(45)54/h9-16,25-27,31-32,34-35,39-40,49,55-59,76-77,85-86H,5-8,17-24,28-30,33,36-38,73H2,1-4H3,(H2,74,89)(H,75,95)(H,78,91)(H,79,87)(H,80,88)(H,81,90)(H,82,92)/t39-,40+,49+,55-,56-,57-,58-,59-,69-/m0/s1. The Morgan fingerprint density at radius 3 is 1.90 bits per heavy atom. The Bertz CT molecular complexity index is 3820. The zero-order chi connectivity index (χ0) is 70.8. The number of fused-ring (bicyclic) bond motifs is 2. The normalized spacial score (nSPS) is 17.9. The third kappa shape index (κ3) is 20.5. The summed E-state index contributed by atoms with van der Waals surface area (Å²) in [5.41, 5.74) is 14.2. The molecule has 9 atom stereocenters. The molecule has 2 saturated heterocycles. The van der Waals surface area contributed by atoms with Crippen LogP contribution in [0, 0.1) is 17.5 Å². The highest BCUT2D eigenvalue weighted by Crippen LogP contribution is 2.32. The topological polar surface area (TPSA) is 366 Å². The predicted molar refractivity (Wildman–Crippen MR) is 366 cm³/mol. The van der Waals surface area contributed by atoms with Crippen molar-refractivity contribution in [2.24, 2.45) is 11.5 Å². The van der Waals surface area contributed by atoms with Gasteiger partial charge in [0.25, 0.3) is 0 Å². The lowest BCUT2D eigenvalue weighted by Gasteiger charge is -2.36. The molecule has 24 nitrogen and oxygen atoms in total. The van der Waals surface area contributed by atoms with Crippen LogP contribution in [0.25, 0.3) is 21.8 Å². The van der Waals surface area contributed by atoms with Crippen molar-refractivity contribution in [3.63, 3.8) is 0 Å². The molecule has 2 aliphatic heterocycles. The fourth-order valence-electron chi connectivity index (χ4n) is 12.3. The molecule has 0 bridgehead atoms. The number of thioether (sulfide) groups is 2. The van der Waals surface area contributed by atoms with Gasteiger partial charge in [0, 0.05) is 109 Å². The minimum Gasteiger partial charge on any atom is -0.497 e. The summed E-state index contributed by atoms with van der Waals surface area (Å²) in [6.45, 7) is 5.13.